The molecule has 0 bridgehead atoms. The summed E-state index contributed by atoms with van der Waals surface area (Å²) in [6, 6.07) is 28.1. The molecule has 0 N–H and O–H groups in total. The standard InChI is InChI=1S/C26H18O6S/c27-25(31-21-7-3-1-4-8-21)19-11-15-23(16-12-19)33(29,30)24-17-13-20(14-18-24)26(28)32-22-9-5-2-6-10-22/h1-18H. The average Bonchev–Trinajstić information content (AvgIpc) is 2.85. The molecule has 0 amide bonds. The normalized spacial score (nSPS) is 10.9. The van der Waals surface area contributed by atoms with E-state index in [2.05, 4.69) is 0 Å². The molecule has 4 rings (SSSR count). The Kier molecular flexibility index (Phi) is 6.33. The van der Waals surface area contributed by atoms with E-state index < -0.39 is 21.8 Å². The lowest BCUT2D eigenvalue weighted by atomic mass is 10.2. The van der Waals surface area contributed by atoms with E-state index in [-0.39, 0.29) is 20.9 Å². The molecule has 0 aliphatic rings. The number of esters is 2. The predicted octanol–water partition coefficient (Wildman–Crippen LogP) is 4.96. The maximum absolute atomic E-state index is 12.9. The van der Waals surface area contributed by atoms with E-state index in [0.29, 0.717) is 11.5 Å². The van der Waals surface area contributed by atoms with Crippen molar-refractivity contribution >= 4 is 21.8 Å². The Morgan fingerprint density at radius 1 is 0.485 bits per heavy atom. The second kappa shape index (κ2) is 9.50. The van der Waals surface area contributed by atoms with Crippen LogP contribution in [-0.4, -0.2) is 20.4 Å². The van der Waals surface area contributed by atoms with Crippen LogP contribution in [0.5, 0.6) is 11.5 Å². The van der Waals surface area contributed by atoms with Gasteiger partial charge in [0.25, 0.3) is 0 Å². The van der Waals surface area contributed by atoms with E-state index in [4.69, 9.17) is 9.47 Å². The van der Waals surface area contributed by atoms with Crippen LogP contribution < -0.4 is 9.47 Å². The largest absolute Gasteiger partial charge is 0.423 e. The molecule has 0 aromatic heterocycles. The third kappa shape index (κ3) is 5.16. The van der Waals surface area contributed by atoms with Crippen molar-refractivity contribution in [1.29, 1.82) is 0 Å². The molecule has 0 heterocycles. The molecule has 33 heavy (non-hydrogen) atoms. The number of carbonyl (C=O) groups excluding carboxylic acids is 2. The number of para-hydroxylation sites is 2. The highest BCUT2D eigenvalue weighted by Crippen LogP contribution is 2.23. The van der Waals surface area contributed by atoms with Gasteiger partial charge in [-0.05, 0) is 72.8 Å². The summed E-state index contributed by atoms with van der Waals surface area (Å²) in [6.07, 6.45) is 0. The van der Waals surface area contributed by atoms with Crippen molar-refractivity contribution in [3.8, 4) is 11.5 Å². The minimum Gasteiger partial charge on any atom is -0.423 e. The molecule has 0 radical (unpaired) electrons. The lowest BCUT2D eigenvalue weighted by Gasteiger charge is -2.08. The number of rotatable bonds is 6. The van der Waals surface area contributed by atoms with Crippen LogP contribution in [0.15, 0.2) is 119 Å². The van der Waals surface area contributed by atoms with Crippen LogP contribution in [0.3, 0.4) is 0 Å². The molecular weight excluding hydrogens is 440 g/mol. The number of ether oxygens (including phenoxy) is 2. The molecule has 0 saturated carbocycles. The number of benzene rings is 4. The third-order valence-corrected chi connectivity index (χ3v) is 6.49. The second-order valence-corrected chi connectivity index (χ2v) is 8.91. The van der Waals surface area contributed by atoms with Gasteiger partial charge in [0, 0.05) is 0 Å². The average molecular weight is 458 g/mol. The first-order valence-electron chi connectivity index (χ1n) is 9.93. The summed E-state index contributed by atoms with van der Waals surface area (Å²) < 4.78 is 36.4. The molecule has 0 aliphatic heterocycles. The fourth-order valence-electron chi connectivity index (χ4n) is 2.99. The van der Waals surface area contributed by atoms with Crippen LogP contribution in [0.25, 0.3) is 0 Å². The minimum atomic E-state index is -3.85. The van der Waals surface area contributed by atoms with Gasteiger partial charge in [-0.25, -0.2) is 18.0 Å². The van der Waals surface area contributed by atoms with Gasteiger partial charge in [-0.3, -0.25) is 0 Å². The first-order chi connectivity index (χ1) is 15.9. The van der Waals surface area contributed by atoms with E-state index >= 15 is 0 Å². The van der Waals surface area contributed by atoms with Crippen molar-refractivity contribution in [1.82, 2.24) is 0 Å². The lowest BCUT2D eigenvalue weighted by molar-refractivity contribution is 0.0725. The second-order valence-electron chi connectivity index (χ2n) is 6.96. The predicted molar refractivity (Wildman–Crippen MR) is 121 cm³/mol. The Morgan fingerprint density at radius 3 is 1.15 bits per heavy atom. The first kappa shape index (κ1) is 22.0. The van der Waals surface area contributed by atoms with E-state index in [1.165, 1.54) is 48.5 Å². The zero-order chi connectivity index (χ0) is 23.3. The van der Waals surface area contributed by atoms with E-state index in [1.807, 2.05) is 0 Å². The number of sulfone groups is 1. The molecular formula is C26H18O6S. The van der Waals surface area contributed by atoms with Gasteiger partial charge in [0.1, 0.15) is 11.5 Å². The van der Waals surface area contributed by atoms with Gasteiger partial charge in [-0.2, -0.15) is 0 Å². The molecule has 164 valence electrons. The smallest absolute Gasteiger partial charge is 0.343 e. The van der Waals surface area contributed by atoms with Crippen molar-refractivity contribution in [2.75, 3.05) is 0 Å². The maximum Gasteiger partial charge on any atom is 0.343 e. The van der Waals surface area contributed by atoms with E-state index in [9.17, 15) is 18.0 Å². The lowest BCUT2D eigenvalue weighted by Crippen LogP contribution is -2.10. The van der Waals surface area contributed by atoms with Gasteiger partial charge < -0.3 is 9.47 Å². The third-order valence-electron chi connectivity index (χ3n) is 4.71. The van der Waals surface area contributed by atoms with Crippen molar-refractivity contribution in [2.45, 2.75) is 9.79 Å². The van der Waals surface area contributed by atoms with Gasteiger partial charge in [0.15, 0.2) is 0 Å². The van der Waals surface area contributed by atoms with Crippen molar-refractivity contribution in [3.63, 3.8) is 0 Å². The Hall–Kier alpha value is -4.23. The molecule has 0 fully saturated rings. The van der Waals surface area contributed by atoms with Crippen LogP contribution in [0.4, 0.5) is 0 Å². The van der Waals surface area contributed by atoms with Gasteiger partial charge >= 0.3 is 11.9 Å². The van der Waals surface area contributed by atoms with Crippen molar-refractivity contribution in [3.05, 3.63) is 120 Å². The SMILES string of the molecule is O=C(Oc1ccccc1)c1ccc(S(=O)(=O)c2ccc(C(=O)Oc3ccccc3)cc2)cc1. The highest BCUT2D eigenvalue weighted by Gasteiger charge is 2.20. The maximum atomic E-state index is 12.9. The van der Waals surface area contributed by atoms with Crippen molar-refractivity contribution < 1.29 is 27.5 Å². The first-order valence-corrected chi connectivity index (χ1v) is 11.4. The summed E-state index contributed by atoms with van der Waals surface area (Å²) in [6.45, 7) is 0. The van der Waals surface area contributed by atoms with Crippen LogP contribution >= 0.6 is 0 Å². The zero-order valence-electron chi connectivity index (χ0n) is 17.3. The van der Waals surface area contributed by atoms with Gasteiger partial charge in [-0.1, -0.05) is 36.4 Å². The Bertz CT molecular complexity index is 1260. The molecule has 7 heteroatoms. The molecule has 6 nitrogen and oxygen atoms in total. The Balaban J connectivity index is 1.47. The molecule has 0 aliphatic carbocycles. The minimum absolute atomic E-state index is 0.0124. The fraction of sp³-hybridized carbons (Fsp3) is 0. The molecule has 4 aromatic rings. The van der Waals surface area contributed by atoms with Crippen LogP contribution in [0, 0.1) is 0 Å². The number of carbonyl (C=O) groups is 2. The molecule has 0 unspecified atom stereocenters. The monoisotopic (exact) mass is 458 g/mol. The molecule has 0 saturated heterocycles. The number of hydrogen-bond donors (Lipinski definition) is 0. The fourth-order valence-corrected chi connectivity index (χ4v) is 4.25. The van der Waals surface area contributed by atoms with Crippen LogP contribution in [0.2, 0.25) is 0 Å². The molecule has 0 atom stereocenters. The summed E-state index contributed by atoms with van der Waals surface area (Å²) >= 11 is 0. The summed E-state index contributed by atoms with van der Waals surface area (Å²) in [5, 5.41) is 0. The zero-order valence-corrected chi connectivity index (χ0v) is 18.1. The van der Waals surface area contributed by atoms with Crippen LogP contribution in [-0.2, 0) is 9.84 Å². The highest BCUT2D eigenvalue weighted by atomic mass is 32.2. The highest BCUT2D eigenvalue weighted by molar-refractivity contribution is 7.91. The van der Waals surface area contributed by atoms with Crippen molar-refractivity contribution in [2.24, 2.45) is 0 Å². The van der Waals surface area contributed by atoms with Gasteiger partial charge in [0.05, 0.1) is 20.9 Å². The van der Waals surface area contributed by atoms with Crippen LogP contribution in [0.1, 0.15) is 20.7 Å². The Labute approximate surface area is 191 Å². The quantitative estimate of drug-likeness (QED) is 0.300. The summed E-state index contributed by atoms with van der Waals surface area (Å²) in [7, 11) is -3.85. The summed E-state index contributed by atoms with van der Waals surface area (Å²) in [5.41, 5.74) is 0.439. The topological polar surface area (TPSA) is 86.7 Å². The van der Waals surface area contributed by atoms with E-state index in [0.717, 1.165) is 0 Å². The van der Waals surface area contributed by atoms with Gasteiger partial charge in [-0.15, -0.1) is 0 Å². The number of hydrogen-bond acceptors (Lipinski definition) is 6. The Morgan fingerprint density at radius 2 is 0.818 bits per heavy atom. The molecule has 0 spiro atoms. The summed E-state index contributed by atoms with van der Waals surface area (Å²) in [4.78, 5) is 24.5. The van der Waals surface area contributed by atoms with E-state index in [1.54, 1.807) is 60.7 Å². The van der Waals surface area contributed by atoms with Gasteiger partial charge in [0.2, 0.25) is 9.84 Å². The summed E-state index contributed by atoms with van der Waals surface area (Å²) in [5.74, 6) is -0.395. The molecule has 4 aromatic carbocycles.